The van der Waals surface area contributed by atoms with Crippen molar-refractivity contribution in [1.82, 2.24) is 15.2 Å². The lowest BCUT2D eigenvalue weighted by Crippen LogP contribution is -2.37. The van der Waals surface area contributed by atoms with Crippen LogP contribution in [0.2, 0.25) is 0 Å². The number of nitrogens with zero attached hydrogens (tertiary/aromatic N) is 3. The molecule has 0 spiro atoms. The molecule has 0 aliphatic carbocycles. The molecule has 2 aliphatic rings. The maximum absolute atomic E-state index is 12.1. The standard InChI is InChI=1S/C18H24N4O2/c1-21-17(23)9-8-16(20-21)18(24)19-12-14-4-6-15(7-5-14)13-22-10-2-3-11-22/h4-7H,2-3,8-13H2,1H3,(H,19,24). The highest BCUT2D eigenvalue weighted by molar-refractivity contribution is 6.39. The first-order valence-electron chi connectivity index (χ1n) is 8.54. The second kappa shape index (κ2) is 7.57. The Balaban J connectivity index is 1.50. The van der Waals surface area contributed by atoms with Crippen molar-refractivity contribution in [2.75, 3.05) is 20.1 Å². The van der Waals surface area contributed by atoms with Gasteiger partial charge in [0.25, 0.3) is 5.91 Å². The van der Waals surface area contributed by atoms with Gasteiger partial charge in [-0.05, 0) is 37.1 Å². The van der Waals surface area contributed by atoms with E-state index >= 15 is 0 Å². The Morgan fingerprint density at radius 2 is 1.79 bits per heavy atom. The van der Waals surface area contributed by atoms with Crippen molar-refractivity contribution >= 4 is 17.5 Å². The smallest absolute Gasteiger partial charge is 0.267 e. The van der Waals surface area contributed by atoms with Crippen LogP contribution in [-0.4, -0.2) is 47.6 Å². The SMILES string of the molecule is CN1N=C(C(=O)NCc2ccc(CN3CCCC3)cc2)CCC1=O. The molecule has 1 aromatic rings. The van der Waals surface area contributed by atoms with Crippen molar-refractivity contribution in [2.45, 2.75) is 38.8 Å². The highest BCUT2D eigenvalue weighted by atomic mass is 16.2. The summed E-state index contributed by atoms with van der Waals surface area (Å²) >= 11 is 0. The Hall–Kier alpha value is -2.21. The first-order chi connectivity index (χ1) is 11.6. The quantitative estimate of drug-likeness (QED) is 0.891. The average Bonchev–Trinajstić information content (AvgIpc) is 3.09. The molecule has 2 aliphatic heterocycles. The Labute approximate surface area is 142 Å². The molecule has 24 heavy (non-hydrogen) atoms. The number of carbonyl (C=O) groups is 2. The summed E-state index contributed by atoms with van der Waals surface area (Å²) in [6.07, 6.45) is 3.35. The van der Waals surface area contributed by atoms with E-state index in [1.807, 2.05) is 0 Å². The minimum Gasteiger partial charge on any atom is -0.347 e. The van der Waals surface area contributed by atoms with Gasteiger partial charge in [-0.25, -0.2) is 5.01 Å². The van der Waals surface area contributed by atoms with Crippen LogP contribution in [-0.2, 0) is 22.7 Å². The van der Waals surface area contributed by atoms with Crippen LogP contribution in [0, 0.1) is 0 Å². The van der Waals surface area contributed by atoms with Gasteiger partial charge in [-0.15, -0.1) is 0 Å². The van der Waals surface area contributed by atoms with Crippen LogP contribution in [0.4, 0.5) is 0 Å². The van der Waals surface area contributed by atoms with E-state index in [0.29, 0.717) is 25.1 Å². The zero-order chi connectivity index (χ0) is 16.9. The van der Waals surface area contributed by atoms with E-state index in [1.54, 1.807) is 7.05 Å². The van der Waals surface area contributed by atoms with E-state index in [4.69, 9.17) is 0 Å². The Morgan fingerprint density at radius 1 is 1.12 bits per heavy atom. The van der Waals surface area contributed by atoms with Gasteiger partial charge < -0.3 is 5.32 Å². The third-order valence-electron chi connectivity index (χ3n) is 4.55. The highest BCUT2D eigenvalue weighted by Crippen LogP contribution is 2.13. The van der Waals surface area contributed by atoms with E-state index in [2.05, 4.69) is 39.6 Å². The zero-order valence-electron chi connectivity index (χ0n) is 14.1. The monoisotopic (exact) mass is 328 g/mol. The number of hydrogen-bond acceptors (Lipinski definition) is 4. The summed E-state index contributed by atoms with van der Waals surface area (Å²) in [7, 11) is 1.58. The highest BCUT2D eigenvalue weighted by Gasteiger charge is 2.21. The zero-order valence-corrected chi connectivity index (χ0v) is 14.1. The molecular weight excluding hydrogens is 304 g/mol. The molecule has 1 fully saturated rings. The summed E-state index contributed by atoms with van der Waals surface area (Å²) in [6, 6.07) is 8.38. The number of hydrogen-bond donors (Lipinski definition) is 1. The van der Waals surface area contributed by atoms with Crippen LogP contribution in [0.15, 0.2) is 29.4 Å². The molecule has 0 unspecified atom stereocenters. The number of carbonyl (C=O) groups excluding carboxylic acids is 2. The van der Waals surface area contributed by atoms with Gasteiger partial charge in [-0.3, -0.25) is 14.5 Å². The largest absolute Gasteiger partial charge is 0.347 e. The minimum absolute atomic E-state index is 0.0554. The average molecular weight is 328 g/mol. The second-order valence-electron chi connectivity index (χ2n) is 6.45. The summed E-state index contributed by atoms with van der Waals surface area (Å²) in [5.74, 6) is -0.254. The Kier molecular flexibility index (Phi) is 5.25. The molecule has 0 bridgehead atoms. The summed E-state index contributed by atoms with van der Waals surface area (Å²) in [6.45, 7) is 3.86. The Bertz CT molecular complexity index is 633. The number of rotatable bonds is 5. The second-order valence-corrected chi connectivity index (χ2v) is 6.45. The first-order valence-corrected chi connectivity index (χ1v) is 8.54. The number of nitrogens with one attached hydrogen (secondary N) is 1. The predicted molar refractivity (Wildman–Crippen MR) is 92.2 cm³/mol. The van der Waals surface area contributed by atoms with Crippen LogP contribution in [0.1, 0.15) is 36.8 Å². The molecule has 2 heterocycles. The van der Waals surface area contributed by atoms with Crippen LogP contribution < -0.4 is 5.32 Å². The van der Waals surface area contributed by atoms with Crippen LogP contribution >= 0.6 is 0 Å². The lowest BCUT2D eigenvalue weighted by atomic mass is 10.1. The first kappa shape index (κ1) is 16.6. The molecule has 2 amide bonds. The molecule has 128 valence electrons. The molecule has 0 saturated carbocycles. The van der Waals surface area contributed by atoms with Crippen molar-refractivity contribution in [3.8, 4) is 0 Å². The van der Waals surface area contributed by atoms with Gasteiger partial charge in [0.2, 0.25) is 5.91 Å². The number of likely N-dealkylation sites (tertiary alicyclic amines) is 1. The van der Waals surface area contributed by atoms with Crippen LogP contribution in [0.5, 0.6) is 0 Å². The maximum atomic E-state index is 12.1. The fourth-order valence-electron chi connectivity index (χ4n) is 3.08. The van der Waals surface area contributed by atoms with Crippen molar-refractivity contribution in [3.63, 3.8) is 0 Å². The summed E-state index contributed by atoms with van der Waals surface area (Å²) in [4.78, 5) is 26.0. The number of benzene rings is 1. The molecule has 0 aromatic heterocycles. The molecule has 0 radical (unpaired) electrons. The topological polar surface area (TPSA) is 65.0 Å². The van der Waals surface area contributed by atoms with Gasteiger partial charge in [0.15, 0.2) is 0 Å². The third-order valence-corrected chi connectivity index (χ3v) is 4.55. The lowest BCUT2D eigenvalue weighted by Gasteiger charge is -2.19. The molecule has 3 rings (SSSR count). The minimum atomic E-state index is -0.199. The van der Waals surface area contributed by atoms with Crippen molar-refractivity contribution in [1.29, 1.82) is 0 Å². The van der Waals surface area contributed by atoms with Crippen LogP contribution in [0.25, 0.3) is 0 Å². The molecule has 1 N–H and O–H groups in total. The van der Waals surface area contributed by atoms with Crippen molar-refractivity contribution in [3.05, 3.63) is 35.4 Å². The van der Waals surface area contributed by atoms with Gasteiger partial charge in [-0.2, -0.15) is 5.10 Å². The fourth-order valence-corrected chi connectivity index (χ4v) is 3.08. The van der Waals surface area contributed by atoms with Crippen molar-refractivity contribution < 1.29 is 9.59 Å². The lowest BCUT2D eigenvalue weighted by molar-refractivity contribution is -0.130. The summed E-state index contributed by atoms with van der Waals surface area (Å²) in [5.41, 5.74) is 2.79. The molecule has 0 atom stereocenters. The van der Waals surface area contributed by atoms with Gasteiger partial charge in [0.1, 0.15) is 5.71 Å². The van der Waals surface area contributed by atoms with Crippen molar-refractivity contribution in [2.24, 2.45) is 5.10 Å². The molecule has 1 saturated heterocycles. The van der Waals surface area contributed by atoms with E-state index in [9.17, 15) is 9.59 Å². The summed E-state index contributed by atoms with van der Waals surface area (Å²) in [5, 5.41) is 8.15. The molecule has 6 heteroatoms. The number of hydrazone groups is 1. The van der Waals surface area contributed by atoms with E-state index in [0.717, 1.165) is 12.1 Å². The molecular formula is C18H24N4O2. The predicted octanol–water partition coefficient (Wildman–Crippen LogP) is 1.51. The van der Waals surface area contributed by atoms with Gasteiger partial charge in [0.05, 0.1) is 0 Å². The van der Waals surface area contributed by atoms with E-state index in [-0.39, 0.29) is 11.8 Å². The van der Waals surface area contributed by atoms with E-state index < -0.39 is 0 Å². The normalized spacial score (nSPS) is 18.6. The maximum Gasteiger partial charge on any atom is 0.267 e. The van der Waals surface area contributed by atoms with Gasteiger partial charge in [0, 0.05) is 33.0 Å². The Morgan fingerprint density at radius 3 is 2.46 bits per heavy atom. The van der Waals surface area contributed by atoms with Gasteiger partial charge in [-0.1, -0.05) is 24.3 Å². The molecule has 1 aromatic carbocycles. The third kappa shape index (κ3) is 4.20. The summed E-state index contributed by atoms with van der Waals surface area (Å²) < 4.78 is 0. The number of amides is 2. The molecule has 6 nitrogen and oxygen atoms in total. The van der Waals surface area contributed by atoms with Crippen LogP contribution in [0.3, 0.4) is 0 Å². The van der Waals surface area contributed by atoms with E-state index in [1.165, 1.54) is 36.5 Å². The van der Waals surface area contributed by atoms with Gasteiger partial charge >= 0.3 is 0 Å². The fraction of sp³-hybridized carbons (Fsp3) is 0.500.